The van der Waals surface area contributed by atoms with Crippen LogP contribution in [0.15, 0.2) is 12.4 Å². The van der Waals surface area contributed by atoms with Gasteiger partial charge >= 0.3 is 0 Å². The topological polar surface area (TPSA) is 39.1 Å². The van der Waals surface area contributed by atoms with E-state index in [0.29, 0.717) is 12.1 Å². The Morgan fingerprint density at radius 1 is 1.32 bits per heavy atom. The van der Waals surface area contributed by atoms with Crippen molar-refractivity contribution < 1.29 is 4.74 Å². The molecule has 1 N–H and O–H groups in total. The van der Waals surface area contributed by atoms with Crippen molar-refractivity contribution >= 4 is 0 Å². The van der Waals surface area contributed by atoms with Crippen molar-refractivity contribution in [2.24, 2.45) is 7.05 Å². The molecule has 1 heterocycles. The molecule has 0 aliphatic rings. The highest BCUT2D eigenvalue weighted by molar-refractivity contribution is 5.07. The lowest BCUT2D eigenvalue weighted by atomic mass is 9.99. The summed E-state index contributed by atoms with van der Waals surface area (Å²) < 4.78 is 7.79. The van der Waals surface area contributed by atoms with Crippen molar-refractivity contribution in [3.05, 3.63) is 18.0 Å². The van der Waals surface area contributed by atoms with Gasteiger partial charge in [-0.1, -0.05) is 20.3 Å². The molecule has 2 atom stereocenters. The lowest BCUT2D eigenvalue weighted by Gasteiger charge is -2.27. The molecule has 19 heavy (non-hydrogen) atoms. The van der Waals surface area contributed by atoms with Crippen molar-refractivity contribution in [2.45, 2.75) is 58.6 Å². The van der Waals surface area contributed by atoms with E-state index in [0.717, 1.165) is 38.8 Å². The molecule has 4 nitrogen and oxygen atoms in total. The molecule has 110 valence electrons. The smallest absolute Gasteiger partial charge is 0.0731 e. The molecule has 4 heteroatoms. The van der Waals surface area contributed by atoms with Gasteiger partial charge in [0.05, 0.1) is 12.3 Å². The normalized spacial score (nSPS) is 14.5. The lowest BCUT2D eigenvalue weighted by molar-refractivity contribution is 0.0282. The third kappa shape index (κ3) is 5.74. The molecular formula is C15H29N3O. The number of aryl methyl sites for hydroxylation is 1. The monoisotopic (exact) mass is 267 g/mol. The summed E-state index contributed by atoms with van der Waals surface area (Å²) in [4.78, 5) is 0. The summed E-state index contributed by atoms with van der Waals surface area (Å²) in [6.07, 6.45) is 8.73. The molecule has 0 amide bonds. The Morgan fingerprint density at radius 2 is 2.11 bits per heavy atom. The minimum absolute atomic E-state index is 0.293. The van der Waals surface area contributed by atoms with Crippen LogP contribution in [-0.4, -0.2) is 35.1 Å². The molecule has 0 saturated heterocycles. The predicted molar refractivity (Wildman–Crippen MR) is 79.3 cm³/mol. The van der Waals surface area contributed by atoms with Gasteiger partial charge in [-0.3, -0.25) is 4.68 Å². The summed E-state index contributed by atoms with van der Waals surface area (Å²) in [5, 5.41) is 7.88. The summed E-state index contributed by atoms with van der Waals surface area (Å²) in [5.41, 5.74) is 1.27. The van der Waals surface area contributed by atoms with Gasteiger partial charge in [-0.2, -0.15) is 5.10 Å². The zero-order valence-electron chi connectivity index (χ0n) is 12.9. The maximum atomic E-state index is 5.93. The van der Waals surface area contributed by atoms with Crippen molar-refractivity contribution in [3.63, 3.8) is 0 Å². The van der Waals surface area contributed by atoms with Gasteiger partial charge in [0.15, 0.2) is 0 Å². The highest BCUT2D eigenvalue weighted by atomic mass is 16.5. The van der Waals surface area contributed by atoms with Gasteiger partial charge in [-0.05, 0) is 38.3 Å². The minimum Gasteiger partial charge on any atom is -0.377 e. The van der Waals surface area contributed by atoms with Crippen LogP contribution in [0.25, 0.3) is 0 Å². The molecule has 0 fully saturated rings. The van der Waals surface area contributed by atoms with Crippen LogP contribution in [0, 0.1) is 0 Å². The maximum absolute atomic E-state index is 5.93. The van der Waals surface area contributed by atoms with E-state index in [2.05, 4.69) is 37.4 Å². The van der Waals surface area contributed by atoms with Crippen molar-refractivity contribution in [3.8, 4) is 0 Å². The highest BCUT2D eigenvalue weighted by Gasteiger charge is 2.21. The third-order valence-corrected chi connectivity index (χ3v) is 3.27. The molecule has 1 aromatic heterocycles. The Kier molecular flexibility index (Phi) is 7.75. The molecule has 0 aromatic carbocycles. The maximum Gasteiger partial charge on any atom is 0.0731 e. The molecule has 0 spiro atoms. The van der Waals surface area contributed by atoms with Gasteiger partial charge in [-0.15, -0.1) is 0 Å². The van der Waals surface area contributed by atoms with Crippen LogP contribution >= 0.6 is 0 Å². The first-order chi connectivity index (χ1) is 9.21. The lowest BCUT2D eigenvalue weighted by Crippen LogP contribution is -2.43. The SMILES string of the molecule is CCCNC(Cc1cnn(C)c1)C(CCC)OCC. The number of nitrogens with one attached hydrogen (secondary N) is 1. The zero-order valence-corrected chi connectivity index (χ0v) is 12.9. The minimum atomic E-state index is 0.293. The highest BCUT2D eigenvalue weighted by Crippen LogP contribution is 2.13. The fraction of sp³-hybridized carbons (Fsp3) is 0.800. The number of aromatic nitrogens is 2. The molecular weight excluding hydrogens is 238 g/mol. The number of rotatable bonds is 10. The quantitative estimate of drug-likeness (QED) is 0.708. The van der Waals surface area contributed by atoms with Crippen molar-refractivity contribution in [2.75, 3.05) is 13.2 Å². The van der Waals surface area contributed by atoms with Gasteiger partial charge in [0.2, 0.25) is 0 Å². The van der Waals surface area contributed by atoms with Gasteiger partial charge < -0.3 is 10.1 Å². The average Bonchev–Trinajstić information content (AvgIpc) is 2.80. The van der Waals surface area contributed by atoms with E-state index < -0.39 is 0 Å². The van der Waals surface area contributed by atoms with Gasteiger partial charge in [0, 0.05) is 25.9 Å². The number of ether oxygens (including phenoxy) is 1. The van der Waals surface area contributed by atoms with Crippen LogP contribution in [-0.2, 0) is 18.2 Å². The Labute approximate surface area is 117 Å². The van der Waals surface area contributed by atoms with Gasteiger partial charge in [-0.25, -0.2) is 0 Å². The largest absolute Gasteiger partial charge is 0.377 e. The van der Waals surface area contributed by atoms with Gasteiger partial charge in [0.25, 0.3) is 0 Å². The number of hydrogen-bond donors (Lipinski definition) is 1. The zero-order chi connectivity index (χ0) is 14.1. The number of nitrogens with zero attached hydrogens (tertiary/aromatic N) is 2. The third-order valence-electron chi connectivity index (χ3n) is 3.27. The van der Waals surface area contributed by atoms with E-state index in [-0.39, 0.29) is 0 Å². The van der Waals surface area contributed by atoms with E-state index in [9.17, 15) is 0 Å². The van der Waals surface area contributed by atoms with Crippen molar-refractivity contribution in [1.82, 2.24) is 15.1 Å². The van der Waals surface area contributed by atoms with E-state index in [4.69, 9.17) is 4.74 Å². The number of hydrogen-bond acceptors (Lipinski definition) is 3. The van der Waals surface area contributed by atoms with Crippen LogP contribution in [0.5, 0.6) is 0 Å². The molecule has 0 saturated carbocycles. The van der Waals surface area contributed by atoms with E-state index in [1.165, 1.54) is 5.56 Å². The van der Waals surface area contributed by atoms with Crippen LogP contribution in [0.1, 0.15) is 45.6 Å². The Balaban J connectivity index is 2.67. The second-order valence-corrected chi connectivity index (χ2v) is 5.07. The van der Waals surface area contributed by atoms with Crippen LogP contribution in [0.3, 0.4) is 0 Å². The summed E-state index contributed by atoms with van der Waals surface area (Å²) in [5.74, 6) is 0. The Hall–Kier alpha value is -0.870. The fourth-order valence-corrected chi connectivity index (χ4v) is 2.40. The molecule has 0 aliphatic carbocycles. The first-order valence-corrected chi connectivity index (χ1v) is 7.53. The summed E-state index contributed by atoms with van der Waals surface area (Å²) in [6, 6.07) is 0.379. The molecule has 0 radical (unpaired) electrons. The summed E-state index contributed by atoms with van der Waals surface area (Å²) in [6.45, 7) is 8.31. The first-order valence-electron chi connectivity index (χ1n) is 7.53. The van der Waals surface area contributed by atoms with E-state index in [1.807, 2.05) is 17.9 Å². The van der Waals surface area contributed by atoms with Crippen molar-refractivity contribution in [1.29, 1.82) is 0 Å². The average molecular weight is 267 g/mol. The Bertz CT molecular complexity index is 332. The predicted octanol–water partition coefficient (Wildman–Crippen LogP) is 2.54. The van der Waals surface area contributed by atoms with E-state index in [1.54, 1.807) is 0 Å². The molecule has 1 aromatic rings. The Morgan fingerprint density at radius 3 is 2.63 bits per heavy atom. The summed E-state index contributed by atoms with van der Waals surface area (Å²) >= 11 is 0. The molecule has 0 bridgehead atoms. The first kappa shape index (κ1) is 16.2. The van der Waals surface area contributed by atoms with E-state index >= 15 is 0 Å². The van der Waals surface area contributed by atoms with Gasteiger partial charge in [0.1, 0.15) is 0 Å². The van der Waals surface area contributed by atoms with Crippen LogP contribution in [0.4, 0.5) is 0 Å². The molecule has 0 aliphatic heterocycles. The van der Waals surface area contributed by atoms with Crippen LogP contribution in [0.2, 0.25) is 0 Å². The van der Waals surface area contributed by atoms with Crippen LogP contribution < -0.4 is 5.32 Å². The molecule has 1 rings (SSSR count). The second kappa shape index (κ2) is 9.10. The molecule has 2 unspecified atom stereocenters. The second-order valence-electron chi connectivity index (χ2n) is 5.07. The summed E-state index contributed by atoms with van der Waals surface area (Å²) in [7, 11) is 1.96. The standard InChI is InChI=1S/C15H29N3O/c1-5-8-15(19-7-3)14(16-9-6-2)10-13-11-17-18(4)12-13/h11-12,14-16H,5-10H2,1-4H3. The fourth-order valence-electron chi connectivity index (χ4n) is 2.40.